The summed E-state index contributed by atoms with van der Waals surface area (Å²) in [4.78, 5) is 13.2. The zero-order valence-corrected chi connectivity index (χ0v) is 13.9. The second-order valence-corrected chi connectivity index (χ2v) is 6.21. The minimum Gasteiger partial charge on any atom is -0.276 e. The van der Waals surface area contributed by atoms with Crippen molar-refractivity contribution < 1.29 is 4.79 Å². The van der Waals surface area contributed by atoms with Crippen LogP contribution in [0.1, 0.15) is 15.9 Å². The molecule has 0 radical (unpaired) electrons. The number of hydrogen-bond acceptors (Lipinski definition) is 4. The van der Waals surface area contributed by atoms with E-state index < -0.39 is 0 Å². The Kier molecular flexibility index (Phi) is 4.76. The van der Waals surface area contributed by atoms with Gasteiger partial charge in [-0.05, 0) is 17.5 Å². The number of carbonyl (C=O) groups is 1. The molecule has 0 saturated carbocycles. The first-order valence-electron chi connectivity index (χ1n) is 6.51. The highest BCUT2D eigenvalue weighted by Gasteiger charge is 2.15. The molecule has 2 aromatic heterocycles. The molecule has 0 bridgehead atoms. The first-order valence-corrected chi connectivity index (χ1v) is 8.15. The first-order chi connectivity index (χ1) is 11.2. The minimum atomic E-state index is -0.364. The van der Waals surface area contributed by atoms with Crippen LogP contribution in [0, 0.1) is 0 Å². The fourth-order valence-electron chi connectivity index (χ4n) is 1.91. The maximum absolute atomic E-state index is 12.2. The van der Waals surface area contributed by atoms with Crippen molar-refractivity contribution in [3.8, 4) is 10.6 Å². The largest absolute Gasteiger partial charge is 0.276 e. The number of aromatic amines is 1. The van der Waals surface area contributed by atoms with E-state index in [0.717, 1.165) is 4.88 Å². The lowest BCUT2D eigenvalue weighted by Crippen LogP contribution is -2.17. The van der Waals surface area contributed by atoms with Gasteiger partial charge in [-0.1, -0.05) is 41.4 Å². The highest BCUT2D eigenvalue weighted by atomic mass is 35.5. The molecule has 1 amide bonds. The van der Waals surface area contributed by atoms with E-state index in [1.807, 2.05) is 17.5 Å². The van der Waals surface area contributed by atoms with Gasteiger partial charge in [-0.15, -0.1) is 11.3 Å². The number of nitrogens with one attached hydrogen (secondary N) is 2. The lowest BCUT2D eigenvalue weighted by atomic mass is 10.2. The second-order valence-electron chi connectivity index (χ2n) is 4.48. The minimum absolute atomic E-state index is 0.364. The molecule has 0 spiro atoms. The van der Waals surface area contributed by atoms with Crippen LogP contribution >= 0.6 is 34.5 Å². The molecule has 2 N–H and O–H groups in total. The Morgan fingerprint density at radius 3 is 2.96 bits per heavy atom. The van der Waals surface area contributed by atoms with Crippen LogP contribution in [0.2, 0.25) is 10.0 Å². The molecular weight excluding hydrogens is 355 g/mol. The van der Waals surface area contributed by atoms with E-state index in [4.69, 9.17) is 23.2 Å². The zero-order valence-electron chi connectivity index (χ0n) is 11.6. The standard InChI is InChI=1S/C15H10Cl2N4OS/c16-11-4-1-3-9(13(11)17)7-18-21-15(22)10-8-19-20-14(10)12-5-2-6-23-12/h1-8H,(H,19,20)(H,21,22). The van der Waals surface area contributed by atoms with Gasteiger partial charge in [0.2, 0.25) is 0 Å². The van der Waals surface area contributed by atoms with Crippen LogP contribution in [0.5, 0.6) is 0 Å². The van der Waals surface area contributed by atoms with Crippen LogP contribution in [0.4, 0.5) is 0 Å². The molecule has 0 fully saturated rings. The van der Waals surface area contributed by atoms with Gasteiger partial charge >= 0.3 is 0 Å². The van der Waals surface area contributed by atoms with Crippen LogP contribution in [-0.2, 0) is 0 Å². The number of H-pyrrole nitrogens is 1. The van der Waals surface area contributed by atoms with Crippen molar-refractivity contribution in [2.75, 3.05) is 0 Å². The van der Waals surface area contributed by atoms with E-state index in [1.165, 1.54) is 23.7 Å². The Morgan fingerprint density at radius 1 is 1.30 bits per heavy atom. The summed E-state index contributed by atoms with van der Waals surface area (Å²) in [6, 6.07) is 8.99. The number of nitrogens with zero attached hydrogens (tertiary/aromatic N) is 2. The summed E-state index contributed by atoms with van der Waals surface area (Å²) in [7, 11) is 0. The van der Waals surface area contributed by atoms with Gasteiger partial charge < -0.3 is 0 Å². The van der Waals surface area contributed by atoms with Crippen LogP contribution in [0.15, 0.2) is 47.0 Å². The van der Waals surface area contributed by atoms with E-state index in [2.05, 4.69) is 20.7 Å². The van der Waals surface area contributed by atoms with E-state index in [9.17, 15) is 4.79 Å². The summed E-state index contributed by atoms with van der Waals surface area (Å²) in [6.45, 7) is 0. The summed E-state index contributed by atoms with van der Waals surface area (Å²) in [5, 5.41) is 13.4. The van der Waals surface area contributed by atoms with Crippen molar-refractivity contribution in [2.24, 2.45) is 5.10 Å². The predicted octanol–water partition coefficient (Wildman–Crippen LogP) is 4.21. The van der Waals surface area contributed by atoms with Crippen molar-refractivity contribution in [1.29, 1.82) is 0 Å². The molecule has 8 heteroatoms. The molecule has 23 heavy (non-hydrogen) atoms. The molecule has 5 nitrogen and oxygen atoms in total. The number of amides is 1. The normalized spacial score (nSPS) is 11.0. The molecule has 0 aliphatic carbocycles. The van der Waals surface area contributed by atoms with Gasteiger partial charge in [0.05, 0.1) is 38.6 Å². The Bertz CT molecular complexity index is 858. The topological polar surface area (TPSA) is 70.1 Å². The van der Waals surface area contributed by atoms with Gasteiger partial charge in [0.25, 0.3) is 5.91 Å². The monoisotopic (exact) mass is 364 g/mol. The number of hydrogen-bond donors (Lipinski definition) is 2. The van der Waals surface area contributed by atoms with Crippen molar-refractivity contribution in [3.05, 3.63) is 63.1 Å². The predicted molar refractivity (Wildman–Crippen MR) is 93.4 cm³/mol. The van der Waals surface area contributed by atoms with Crippen molar-refractivity contribution >= 4 is 46.7 Å². The number of aromatic nitrogens is 2. The van der Waals surface area contributed by atoms with E-state index >= 15 is 0 Å². The first kappa shape index (κ1) is 15.7. The Hall–Kier alpha value is -2.15. The van der Waals surface area contributed by atoms with Crippen molar-refractivity contribution in [2.45, 2.75) is 0 Å². The molecule has 1 aromatic carbocycles. The van der Waals surface area contributed by atoms with Crippen LogP contribution in [0.25, 0.3) is 10.6 Å². The molecule has 0 saturated heterocycles. The molecule has 0 unspecified atom stereocenters. The van der Waals surface area contributed by atoms with Gasteiger partial charge in [0, 0.05) is 5.56 Å². The molecule has 2 heterocycles. The van der Waals surface area contributed by atoms with Gasteiger partial charge in [-0.25, -0.2) is 5.43 Å². The Balaban J connectivity index is 1.75. The third kappa shape index (κ3) is 3.44. The molecule has 3 aromatic rings. The summed E-state index contributed by atoms with van der Waals surface area (Å²) < 4.78 is 0. The van der Waals surface area contributed by atoms with Crippen LogP contribution in [-0.4, -0.2) is 22.3 Å². The average molecular weight is 365 g/mol. The molecule has 116 valence electrons. The summed E-state index contributed by atoms with van der Waals surface area (Å²) in [5.74, 6) is -0.364. The summed E-state index contributed by atoms with van der Waals surface area (Å²) in [5.41, 5.74) is 4.15. The molecule has 0 aliphatic heterocycles. The van der Waals surface area contributed by atoms with Gasteiger partial charge in [0.1, 0.15) is 0 Å². The lowest BCUT2D eigenvalue weighted by molar-refractivity contribution is 0.0956. The molecular formula is C15H10Cl2N4OS. The van der Waals surface area contributed by atoms with Gasteiger partial charge in [0.15, 0.2) is 0 Å². The van der Waals surface area contributed by atoms with E-state index in [-0.39, 0.29) is 5.91 Å². The highest BCUT2D eigenvalue weighted by Crippen LogP contribution is 2.26. The molecule has 0 aliphatic rings. The average Bonchev–Trinajstić information content (AvgIpc) is 3.21. The maximum atomic E-state index is 12.2. The number of thiophene rings is 1. The third-order valence-electron chi connectivity index (χ3n) is 3.00. The zero-order chi connectivity index (χ0) is 16.2. The quantitative estimate of drug-likeness (QED) is 0.537. The van der Waals surface area contributed by atoms with Crippen LogP contribution < -0.4 is 5.43 Å². The number of hydrazone groups is 1. The Morgan fingerprint density at radius 2 is 2.17 bits per heavy atom. The Labute approximate surface area is 145 Å². The summed E-state index contributed by atoms with van der Waals surface area (Å²) >= 11 is 13.5. The smallest absolute Gasteiger partial charge is 0.275 e. The van der Waals surface area contributed by atoms with Crippen molar-refractivity contribution in [1.82, 2.24) is 15.6 Å². The lowest BCUT2D eigenvalue weighted by Gasteiger charge is -2.01. The summed E-state index contributed by atoms with van der Waals surface area (Å²) in [6.07, 6.45) is 2.91. The number of rotatable bonds is 4. The van der Waals surface area contributed by atoms with Gasteiger partial charge in [-0.2, -0.15) is 10.2 Å². The SMILES string of the molecule is O=C(NN=Cc1cccc(Cl)c1Cl)c1cn[nH]c1-c1cccs1. The fourth-order valence-corrected chi connectivity index (χ4v) is 3.00. The molecule has 3 rings (SSSR count). The number of benzene rings is 1. The van der Waals surface area contributed by atoms with Crippen molar-refractivity contribution in [3.63, 3.8) is 0 Å². The number of halogens is 2. The third-order valence-corrected chi connectivity index (χ3v) is 4.72. The fraction of sp³-hybridized carbons (Fsp3) is 0. The second kappa shape index (κ2) is 6.95. The van der Waals surface area contributed by atoms with Gasteiger partial charge in [-0.3, -0.25) is 9.89 Å². The molecule has 0 atom stereocenters. The maximum Gasteiger partial charge on any atom is 0.275 e. The number of carbonyl (C=O) groups excluding carboxylic acids is 1. The highest BCUT2D eigenvalue weighted by molar-refractivity contribution is 7.13. The van der Waals surface area contributed by atoms with Crippen LogP contribution in [0.3, 0.4) is 0 Å². The van der Waals surface area contributed by atoms with E-state index in [1.54, 1.807) is 18.2 Å². The van der Waals surface area contributed by atoms with E-state index in [0.29, 0.717) is 26.9 Å².